The number of benzene rings is 2. The van der Waals surface area contributed by atoms with Gasteiger partial charge in [0.15, 0.2) is 0 Å². The first-order chi connectivity index (χ1) is 14.9. The van der Waals surface area contributed by atoms with Crippen molar-refractivity contribution in [2.75, 3.05) is 24.5 Å². The van der Waals surface area contributed by atoms with Crippen LogP contribution in [-0.2, 0) is 27.7 Å². The second-order valence-electron chi connectivity index (χ2n) is 8.96. The van der Waals surface area contributed by atoms with E-state index < -0.39 is 10.0 Å². The Morgan fingerprint density at radius 2 is 1.71 bits per heavy atom. The van der Waals surface area contributed by atoms with Crippen molar-refractivity contribution in [3.63, 3.8) is 0 Å². The molecule has 0 spiro atoms. The van der Waals surface area contributed by atoms with E-state index in [2.05, 4.69) is 40.2 Å². The summed E-state index contributed by atoms with van der Waals surface area (Å²) >= 11 is 3.50. The molecular weight excluding hydrogens is 476 g/mol. The first kappa shape index (κ1) is 21.2. The fourth-order valence-corrected chi connectivity index (χ4v) is 7.35. The Morgan fingerprint density at radius 1 is 1.00 bits per heavy atom. The number of rotatable bonds is 5. The van der Waals surface area contributed by atoms with E-state index in [1.807, 2.05) is 12.1 Å². The highest BCUT2D eigenvalue weighted by Gasteiger charge is 2.38. The zero-order chi connectivity index (χ0) is 21.6. The molecule has 3 aliphatic rings. The van der Waals surface area contributed by atoms with Crippen LogP contribution in [0.2, 0.25) is 0 Å². The third-order valence-corrected chi connectivity index (χ3v) is 9.64. The van der Waals surface area contributed by atoms with Crippen LogP contribution in [0.3, 0.4) is 0 Å². The normalized spacial score (nSPS) is 20.1. The molecule has 0 radical (unpaired) electrons. The molecular formula is C24H27BrN2O3S. The Morgan fingerprint density at radius 3 is 2.39 bits per heavy atom. The molecule has 2 aromatic rings. The largest absolute Gasteiger partial charge is 0.312 e. The molecule has 2 aliphatic heterocycles. The molecule has 5 rings (SSSR count). The first-order valence-corrected chi connectivity index (χ1v) is 13.3. The van der Waals surface area contributed by atoms with Gasteiger partial charge in [-0.2, -0.15) is 4.31 Å². The molecule has 0 aromatic heterocycles. The number of carbonyl (C=O) groups excluding carboxylic acids is 1. The van der Waals surface area contributed by atoms with E-state index in [-0.39, 0.29) is 16.7 Å². The lowest BCUT2D eigenvalue weighted by Crippen LogP contribution is -2.39. The molecule has 0 bridgehead atoms. The van der Waals surface area contributed by atoms with Gasteiger partial charge in [0.1, 0.15) is 0 Å². The number of sulfonamides is 1. The Balaban J connectivity index is 1.33. The van der Waals surface area contributed by atoms with Crippen molar-refractivity contribution in [1.82, 2.24) is 4.31 Å². The minimum absolute atomic E-state index is 0.123. The average molecular weight is 503 g/mol. The van der Waals surface area contributed by atoms with Crippen molar-refractivity contribution in [2.24, 2.45) is 11.8 Å². The molecule has 1 amide bonds. The first-order valence-electron chi connectivity index (χ1n) is 11.1. The second-order valence-corrected chi connectivity index (χ2v) is 11.7. The number of halogens is 1. The van der Waals surface area contributed by atoms with Gasteiger partial charge in [-0.15, -0.1) is 0 Å². The van der Waals surface area contributed by atoms with Crippen LogP contribution in [0.25, 0.3) is 0 Å². The minimum Gasteiger partial charge on any atom is -0.312 e. The van der Waals surface area contributed by atoms with Crippen molar-refractivity contribution in [3.8, 4) is 0 Å². The van der Waals surface area contributed by atoms with Gasteiger partial charge in [-0.1, -0.05) is 30.3 Å². The Bertz CT molecular complexity index is 1090. The minimum atomic E-state index is -3.62. The number of fused-ring (bicyclic) bond motifs is 1. The van der Waals surface area contributed by atoms with E-state index in [9.17, 15) is 13.2 Å². The summed E-state index contributed by atoms with van der Waals surface area (Å²) < 4.78 is 29.2. The lowest BCUT2D eigenvalue weighted by atomic mass is 9.91. The molecule has 2 aromatic carbocycles. The SMILES string of the molecule is O=C(C1CC1)N1CCc2cc(Br)c(S(=O)(=O)N3CCC(Cc4ccccc4)CC3)cc21. The molecule has 7 heteroatoms. The molecule has 31 heavy (non-hydrogen) atoms. The summed E-state index contributed by atoms with van der Waals surface area (Å²) in [6.45, 7) is 1.72. The fraction of sp³-hybridized carbons (Fsp3) is 0.458. The maximum Gasteiger partial charge on any atom is 0.244 e. The van der Waals surface area contributed by atoms with Crippen LogP contribution >= 0.6 is 15.9 Å². The zero-order valence-corrected chi connectivity index (χ0v) is 19.9. The van der Waals surface area contributed by atoms with Gasteiger partial charge in [-0.25, -0.2) is 8.42 Å². The summed E-state index contributed by atoms with van der Waals surface area (Å²) in [7, 11) is -3.62. The number of anilines is 1. The summed E-state index contributed by atoms with van der Waals surface area (Å²) in [6, 6.07) is 14.0. The van der Waals surface area contributed by atoms with Crippen LogP contribution < -0.4 is 4.90 Å². The number of piperidine rings is 1. The fourth-order valence-electron chi connectivity index (χ4n) is 4.81. The zero-order valence-electron chi connectivity index (χ0n) is 17.5. The molecule has 2 heterocycles. The van der Waals surface area contributed by atoms with Crippen LogP contribution in [-0.4, -0.2) is 38.3 Å². The topological polar surface area (TPSA) is 57.7 Å². The Kier molecular flexibility index (Phi) is 5.69. The number of hydrogen-bond acceptors (Lipinski definition) is 3. The summed E-state index contributed by atoms with van der Waals surface area (Å²) in [5, 5.41) is 0. The lowest BCUT2D eigenvalue weighted by Gasteiger charge is -2.31. The third-order valence-electron chi connectivity index (χ3n) is 6.78. The van der Waals surface area contributed by atoms with Crippen molar-refractivity contribution in [1.29, 1.82) is 0 Å². The van der Waals surface area contributed by atoms with Gasteiger partial charge in [0, 0.05) is 35.7 Å². The lowest BCUT2D eigenvalue weighted by molar-refractivity contribution is -0.119. The molecule has 164 valence electrons. The van der Waals surface area contributed by atoms with Crippen molar-refractivity contribution in [3.05, 3.63) is 58.1 Å². The Hall–Kier alpha value is -1.70. The number of nitrogens with zero attached hydrogens (tertiary/aromatic N) is 2. The molecule has 2 fully saturated rings. The summed E-state index contributed by atoms with van der Waals surface area (Å²) in [6.07, 6.45) is 5.40. The summed E-state index contributed by atoms with van der Waals surface area (Å²) in [5.74, 6) is 0.772. The van der Waals surface area contributed by atoms with Crippen molar-refractivity contribution in [2.45, 2.75) is 43.4 Å². The smallest absolute Gasteiger partial charge is 0.244 e. The van der Waals surface area contributed by atoms with Gasteiger partial charge in [0.05, 0.1) is 4.90 Å². The number of amides is 1. The van der Waals surface area contributed by atoms with Gasteiger partial charge < -0.3 is 4.90 Å². The van der Waals surface area contributed by atoms with Crippen molar-refractivity contribution < 1.29 is 13.2 Å². The van der Waals surface area contributed by atoms with Crippen LogP contribution in [0.15, 0.2) is 51.8 Å². The molecule has 0 atom stereocenters. The van der Waals surface area contributed by atoms with E-state index in [1.54, 1.807) is 15.3 Å². The monoisotopic (exact) mass is 502 g/mol. The standard InChI is InChI=1S/C24H27BrN2O3S/c25-21-15-20-10-13-27(24(28)19-6-7-19)22(20)16-23(21)31(29,30)26-11-8-18(9-12-26)14-17-4-2-1-3-5-17/h1-5,15-16,18-19H,6-14H2. The second kappa shape index (κ2) is 8.34. The average Bonchev–Trinajstić information content (AvgIpc) is 3.54. The van der Waals surface area contributed by atoms with E-state index in [1.165, 1.54) is 5.56 Å². The highest BCUT2D eigenvalue weighted by molar-refractivity contribution is 9.10. The molecule has 1 saturated carbocycles. The van der Waals surface area contributed by atoms with Gasteiger partial charge >= 0.3 is 0 Å². The number of carbonyl (C=O) groups is 1. The van der Waals surface area contributed by atoms with Crippen LogP contribution in [0, 0.1) is 11.8 Å². The van der Waals surface area contributed by atoms with E-state index in [4.69, 9.17) is 0 Å². The van der Waals surface area contributed by atoms with E-state index >= 15 is 0 Å². The van der Waals surface area contributed by atoms with Gasteiger partial charge in [0.2, 0.25) is 15.9 Å². The van der Waals surface area contributed by atoms with Crippen LogP contribution in [0.4, 0.5) is 5.69 Å². The molecule has 5 nitrogen and oxygen atoms in total. The quantitative estimate of drug-likeness (QED) is 0.608. The number of hydrogen-bond donors (Lipinski definition) is 0. The third kappa shape index (κ3) is 4.20. The molecule has 1 saturated heterocycles. The predicted molar refractivity (Wildman–Crippen MR) is 125 cm³/mol. The molecule has 0 N–H and O–H groups in total. The van der Waals surface area contributed by atoms with Gasteiger partial charge in [0.25, 0.3) is 0 Å². The van der Waals surface area contributed by atoms with Gasteiger partial charge in [-0.3, -0.25) is 4.79 Å². The highest BCUT2D eigenvalue weighted by Crippen LogP contribution is 2.40. The highest BCUT2D eigenvalue weighted by atomic mass is 79.9. The van der Waals surface area contributed by atoms with Gasteiger partial charge in [-0.05, 0) is 83.6 Å². The molecule has 0 unspecified atom stereocenters. The summed E-state index contributed by atoms with van der Waals surface area (Å²) in [5.41, 5.74) is 3.13. The van der Waals surface area contributed by atoms with E-state index in [0.29, 0.717) is 30.0 Å². The Labute approximate surface area is 192 Å². The van der Waals surface area contributed by atoms with Crippen molar-refractivity contribution >= 4 is 37.5 Å². The summed E-state index contributed by atoms with van der Waals surface area (Å²) in [4.78, 5) is 14.7. The van der Waals surface area contributed by atoms with E-state index in [0.717, 1.165) is 49.8 Å². The predicted octanol–water partition coefficient (Wildman–Crippen LogP) is 4.39. The van der Waals surface area contributed by atoms with Crippen LogP contribution in [0.5, 0.6) is 0 Å². The molecule has 1 aliphatic carbocycles. The van der Waals surface area contributed by atoms with Crippen LogP contribution in [0.1, 0.15) is 36.8 Å². The maximum atomic E-state index is 13.5. The maximum absolute atomic E-state index is 13.5.